The molecule has 0 amide bonds. The van der Waals surface area contributed by atoms with E-state index < -0.39 is 23.3 Å². The van der Waals surface area contributed by atoms with Crippen LogP contribution >= 0.6 is 0 Å². The van der Waals surface area contributed by atoms with Crippen molar-refractivity contribution in [1.82, 2.24) is 0 Å². The van der Waals surface area contributed by atoms with E-state index in [2.05, 4.69) is 6.92 Å². The fourth-order valence-electron chi connectivity index (χ4n) is 5.44. The molecule has 2 aliphatic carbocycles. The standard InChI is InChI=1S/C30H40F4/c1-2-3-4-5-6-7-8-9-10-14-20-29(25-17-22-30(33,34)23-18-25)21-19-26(27(31)28(29)32)24-15-12-11-13-16-24/h11-16,19-21,25,28H,2-10,17-18,22-23H2,1H3/b20-14+. The molecule has 2 atom stereocenters. The molecule has 188 valence electrons. The van der Waals surface area contributed by atoms with Crippen molar-refractivity contribution in [3.63, 3.8) is 0 Å². The number of alkyl halides is 3. The van der Waals surface area contributed by atoms with Gasteiger partial charge in [0, 0.05) is 23.8 Å². The van der Waals surface area contributed by atoms with Gasteiger partial charge in [0.1, 0.15) is 5.83 Å². The van der Waals surface area contributed by atoms with Crippen molar-refractivity contribution in [3.05, 3.63) is 66.0 Å². The highest BCUT2D eigenvalue weighted by atomic mass is 19.3. The predicted molar refractivity (Wildman–Crippen MR) is 134 cm³/mol. The van der Waals surface area contributed by atoms with Crippen molar-refractivity contribution in [2.24, 2.45) is 11.3 Å². The number of rotatable bonds is 12. The van der Waals surface area contributed by atoms with Gasteiger partial charge in [-0.2, -0.15) is 0 Å². The van der Waals surface area contributed by atoms with Crippen LogP contribution in [-0.4, -0.2) is 12.1 Å². The lowest BCUT2D eigenvalue weighted by Gasteiger charge is -2.43. The second kappa shape index (κ2) is 12.7. The predicted octanol–water partition coefficient (Wildman–Crippen LogP) is 10.2. The number of hydrogen-bond donors (Lipinski definition) is 0. The van der Waals surface area contributed by atoms with Gasteiger partial charge in [0.05, 0.1) is 0 Å². The van der Waals surface area contributed by atoms with Crippen LogP contribution in [0.2, 0.25) is 0 Å². The third-order valence-corrected chi connectivity index (χ3v) is 7.60. The Labute approximate surface area is 203 Å². The fraction of sp³-hybridized carbons (Fsp3) is 0.600. The molecular formula is C30H40F4. The summed E-state index contributed by atoms with van der Waals surface area (Å²) in [6, 6.07) is 8.95. The largest absolute Gasteiger partial charge is 0.248 e. The second-order valence-corrected chi connectivity index (χ2v) is 10.1. The summed E-state index contributed by atoms with van der Waals surface area (Å²) in [5, 5.41) is 0. The normalized spacial score (nSPS) is 25.4. The van der Waals surface area contributed by atoms with Crippen LogP contribution in [0.3, 0.4) is 0 Å². The topological polar surface area (TPSA) is 0 Å². The van der Waals surface area contributed by atoms with Crippen molar-refractivity contribution < 1.29 is 17.6 Å². The van der Waals surface area contributed by atoms with E-state index in [-0.39, 0.29) is 37.2 Å². The molecule has 0 aliphatic heterocycles. The summed E-state index contributed by atoms with van der Waals surface area (Å²) in [6.07, 6.45) is 15.7. The maximum atomic E-state index is 15.9. The smallest absolute Gasteiger partial charge is 0.238 e. The molecule has 3 rings (SSSR count). The molecule has 0 saturated heterocycles. The van der Waals surface area contributed by atoms with Gasteiger partial charge in [-0.1, -0.05) is 107 Å². The van der Waals surface area contributed by atoms with Crippen molar-refractivity contribution in [3.8, 4) is 0 Å². The van der Waals surface area contributed by atoms with Gasteiger partial charge in [-0.05, 0) is 37.2 Å². The number of unbranched alkanes of at least 4 members (excludes halogenated alkanes) is 8. The van der Waals surface area contributed by atoms with Gasteiger partial charge >= 0.3 is 0 Å². The third kappa shape index (κ3) is 6.86. The molecule has 2 aliphatic rings. The molecule has 2 unspecified atom stereocenters. The Morgan fingerprint density at radius 3 is 2.18 bits per heavy atom. The molecule has 0 bridgehead atoms. The summed E-state index contributed by atoms with van der Waals surface area (Å²) in [7, 11) is 0. The van der Waals surface area contributed by atoms with Crippen LogP contribution in [0.15, 0.2) is 60.5 Å². The number of halogens is 4. The van der Waals surface area contributed by atoms with Crippen molar-refractivity contribution in [1.29, 1.82) is 0 Å². The first kappa shape index (κ1) is 26.8. The van der Waals surface area contributed by atoms with Gasteiger partial charge in [-0.15, -0.1) is 0 Å². The maximum Gasteiger partial charge on any atom is 0.248 e. The number of hydrogen-bond acceptors (Lipinski definition) is 0. The summed E-state index contributed by atoms with van der Waals surface area (Å²) in [5.74, 6) is -3.83. The van der Waals surface area contributed by atoms with Gasteiger partial charge in [0.15, 0.2) is 6.17 Å². The van der Waals surface area contributed by atoms with Crippen molar-refractivity contribution >= 4 is 5.57 Å². The lowest BCUT2D eigenvalue weighted by Crippen LogP contribution is -2.42. The zero-order valence-corrected chi connectivity index (χ0v) is 20.6. The van der Waals surface area contributed by atoms with Crippen LogP contribution in [0.1, 0.15) is 96.0 Å². The highest BCUT2D eigenvalue weighted by molar-refractivity contribution is 5.78. The molecule has 1 aromatic rings. The zero-order chi connectivity index (χ0) is 24.4. The van der Waals surface area contributed by atoms with Crippen LogP contribution in [0, 0.1) is 11.3 Å². The summed E-state index contributed by atoms with van der Waals surface area (Å²) < 4.78 is 58.9. The summed E-state index contributed by atoms with van der Waals surface area (Å²) in [5.41, 5.74) is -0.314. The lowest BCUT2D eigenvalue weighted by atomic mass is 9.63. The Morgan fingerprint density at radius 1 is 0.912 bits per heavy atom. The molecule has 0 N–H and O–H groups in total. The lowest BCUT2D eigenvalue weighted by molar-refractivity contribution is -0.0605. The first-order chi connectivity index (χ1) is 16.4. The first-order valence-electron chi connectivity index (χ1n) is 13.2. The third-order valence-electron chi connectivity index (χ3n) is 7.60. The van der Waals surface area contributed by atoms with Crippen LogP contribution in [0.5, 0.6) is 0 Å². The molecule has 0 spiro atoms. The average Bonchev–Trinajstić information content (AvgIpc) is 2.83. The Balaban J connectivity index is 1.68. The van der Waals surface area contributed by atoms with E-state index >= 15 is 8.78 Å². The molecule has 1 saturated carbocycles. The monoisotopic (exact) mass is 476 g/mol. The minimum atomic E-state index is -2.70. The van der Waals surface area contributed by atoms with E-state index in [1.165, 1.54) is 38.5 Å². The molecule has 1 fully saturated rings. The van der Waals surface area contributed by atoms with Crippen molar-refractivity contribution in [2.75, 3.05) is 0 Å². The van der Waals surface area contributed by atoms with Gasteiger partial charge in [0.25, 0.3) is 0 Å². The minimum Gasteiger partial charge on any atom is -0.238 e. The van der Waals surface area contributed by atoms with E-state index in [0.29, 0.717) is 5.56 Å². The van der Waals surface area contributed by atoms with E-state index in [9.17, 15) is 8.78 Å². The van der Waals surface area contributed by atoms with Gasteiger partial charge in [0.2, 0.25) is 5.92 Å². The summed E-state index contributed by atoms with van der Waals surface area (Å²) >= 11 is 0. The van der Waals surface area contributed by atoms with Crippen molar-refractivity contribution in [2.45, 2.75) is 102 Å². The molecule has 0 radical (unpaired) electrons. The fourth-order valence-corrected chi connectivity index (χ4v) is 5.44. The molecule has 0 heterocycles. The van der Waals surface area contributed by atoms with E-state index in [4.69, 9.17) is 0 Å². The zero-order valence-electron chi connectivity index (χ0n) is 20.6. The molecule has 34 heavy (non-hydrogen) atoms. The van der Waals surface area contributed by atoms with E-state index in [1.807, 2.05) is 12.1 Å². The van der Waals surface area contributed by atoms with E-state index in [0.717, 1.165) is 19.3 Å². The maximum absolute atomic E-state index is 15.9. The molecule has 4 heteroatoms. The average molecular weight is 477 g/mol. The SMILES string of the molecule is CCCCCCCCCC/C=C/C1(C2CCC(F)(F)CC2)C=CC(c2ccccc2)=C(F)C1F. The molecule has 0 nitrogen and oxygen atoms in total. The van der Waals surface area contributed by atoms with Crippen LogP contribution in [0.4, 0.5) is 17.6 Å². The number of benzene rings is 1. The van der Waals surface area contributed by atoms with Crippen LogP contribution < -0.4 is 0 Å². The second-order valence-electron chi connectivity index (χ2n) is 10.1. The first-order valence-corrected chi connectivity index (χ1v) is 13.2. The summed E-state index contributed by atoms with van der Waals surface area (Å²) in [6.45, 7) is 2.21. The highest BCUT2D eigenvalue weighted by Gasteiger charge is 2.50. The van der Waals surface area contributed by atoms with Gasteiger partial charge in [-0.3, -0.25) is 0 Å². The van der Waals surface area contributed by atoms with Crippen LogP contribution in [0.25, 0.3) is 5.57 Å². The minimum absolute atomic E-state index is 0.202. The Kier molecular flexibility index (Phi) is 10.0. The molecule has 1 aromatic carbocycles. The molecule has 0 aromatic heterocycles. The molecular weight excluding hydrogens is 436 g/mol. The van der Waals surface area contributed by atoms with E-state index in [1.54, 1.807) is 42.5 Å². The Hall–Kier alpha value is -1.84. The highest BCUT2D eigenvalue weighted by Crippen LogP contribution is 2.52. The van der Waals surface area contributed by atoms with Crippen LogP contribution in [-0.2, 0) is 0 Å². The van der Waals surface area contributed by atoms with Gasteiger partial charge < -0.3 is 0 Å². The quantitative estimate of drug-likeness (QED) is 0.160. The van der Waals surface area contributed by atoms with Gasteiger partial charge in [-0.25, -0.2) is 17.6 Å². The summed E-state index contributed by atoms with van der Waals surface area (Å²) in [4.78, 5) is 0. The number of allylic oxidation sites excluding steroid dienone is 6. The Bertz CT molecular complexity index is 829. The Morgan fingerprint density at radius 2 is 1.53 bits per heavy atom.